The molecule has 0 bridgehead atoms. The number of piperazine rings is 1. The van der Waals surface area contributed by atoms with Crippen molar-refractivity contribution in [2.75, 3.05) is 19.6 Å². The normalized spacial score (nSPS) is 26.6. The highest BCUT2D eigenvalue weighted by atomic mass is 15.2. The summed E-state index contributed by atoms with van der Waals surface area (Å²) in [5.41, 5.74) is 0. The van der Waals surface area contributed by atoms with E-state index in [4.69, 9.17) is 0 Å². The molecule has 0 spiro atoms. The second-order valence-electron chi connectivity index (χ2n) is 5.53. The van der Waals surface area contributed by atoms with Gasteiger partial charge in [0.25, 0.3) is 0 Å². The topological polar surface area (TPSA) is 15.3 Å². The Kier molecular flexibility index (Phi) is 6.37. The molecular weight excluding hydrogens is 196 g/mol. The minimum atomic E-state index is 0.734. The van der Waals surface area contributed by atoms with Crippen LogP contribution in [0.25, 0.3) is 0 Å². The van der Waals surface area contributed by atoms with Crippen LogP contribution in [0.15, 0.2) is 0 Å². The predicted molar refractivity (Wildman–Crippen MR) is 71.8 cm³/mol. The highest BCUT2D eigenvalue weighted by molar-refractivity contribution is 4.81. The minimum Gasteiger partial charge on any atom is -0.311 e. The summed E-state index contributed by atoms with van der Waals surface area (Å²) in [6, 6.07) is 1.49. The molecule has 1 rings (SSSR count). The van der Waals surface area contributed by atoms with Gasteiger partial charge in [0.05, 0.1) is 0 Å². The van der Waals surface area contributed by atoms with E-state index in [0.29, 0.717) is 0 Å². The molecule has 0 aromatic rings. The van der Waals surface area contributed by atoms with Crippen LogP contribution >= 0.6 is 0 Å². The van der Waals surface area contributed by atoms with Crippen LogP contribution < -0.4 is 5.32 Å². The largest absolute Gasteiger partial charge is 0.311 e. The van der Waals surface area contributed by atoms with Crippen molar-refractivity contribution in [1.82, 2.24) is 10.2 Å². The molecule has 1 heterocycles. The van der Waals surface area contributed by atoms with Gasteiger partial charge >= 0.3 is 0 Å². The molecule has 1 aliphatic rings. The van der Waals surface area contributed by atoms with Gasteiger partial charge in [-0.15, -0.1) is 0 Å². The molecule has 1 fully saturated rings. The predicted octanol–water partition coefficient (Wildman–Crippen LogP) is 2.89. The van der Waals surface area contributed by atoms with Crippen molar-refractivity contribution in [2.45, 2.75) is 65.5 Å². The summed E-state index contributed by atoms with van der Waals surface area (Å²) in [6.07, 6.45) is 5.29. The van der Waals surface area contributed by atoms with Gasteiger partial charge in [0.15, 0.2) is 0 Å². The smallest absolute Gasteiger partial charge is 0.0195 e. The number of hydrogen-bond donors (Lipinski definition) is 1. The number of hydrogen-bond acceptors (Lipinski definition) is 2. The summed E-state index contributed by atoms with van der Waals surface area (Å²) in [4.78, 5) is 2.68. The Hall–Kier alpha value is -0.0800. The summed E-state index contributed by atoms with van der Waals surface area (Å²) >= 11 is 0. The fraction of sp³-hybridized carbons (Fsp3) is 1.00. The zero-order valence-corrected chi connectivity index (χ0v) is 11.6. The van der Waals surface area contributed by atoms with E-state index in [0.717, 1.165) is 18.0 Å². The zero-order valence-electron chi connectivity index (χ0n) is 11.6. The number of nitrogens with zero attached hydrogens (tertiary/aromatic N) is 1. The Morgan fingerprint density at radius 2 is 2.06 bits per heavy atom. The Morgan fingerprint density at radius 3 is 2.69 bits per heavy atom. The van der Waals surface area contributed by atoms with Crippen LogP contribution in [0, 0.1) is 5.92 Å². The molecule has 2 heteroatoms. The maximum atomic E-state index is 3.63. The van der Waals surface area contributed by atoms with Crippen LogP contribution in [0.5, 0.6) is 0 Å². The summed E-state index contributed by atoms with van der Waals surface area (Å²) in [5, 5.41) is 3.63. The van der Waals surface area contributed by atoms with Crippen molar-refractivity contribution in [3.05, 3.63) is 0 Å². The van der Waals surface area contributed by atoms with Crippen molar-refractivity contribution in [1.29, 1.82) is 0 Å². The van der Waals surface area contributed by atoms with Gasteiger partial charge < -0.3 is 5.32 Å². The van der Waals surface area contributed by atoms with Crippen molar-refractivity contribution >= 4 is 0 Å². The molecule has 1 N–H and O–H groups in total. The van der Waals surface area contributed by atoms with E-state index in [2.05, 4.69) is 37.9 Å². The molecule has 1 aliphatic heterocycles. The third-order valence-corrected chi connectivity index (χ3v) is 3.99. The average Bonchev–Trinajstić information content (AvgIpc) is 2.29. The summed E-state index contributed by atoms with van der Waals surface area (Å²) in [6.45, 7) is 13.0. The average molecular weight is 226 g/mol. The quantitative estimate of drug-likeness (QED) is 0.749. The lowest BCUT2D eigenvalue weighted by Crippen LogP contribution is -2.53. The molecular formula is C14H30N2. The van der Waals surface area contributed by atoms with E-state index in [1.807, 2.05) is 0 Å². The van der Waals surface area contributed by atoms with Crippen LogP contribution in [0.2, 0.25) is 0 Å². The van der Waals surface area contributed by atoms with Gasteiger partial charge in [-0.25, -0.2) is 0 Å². The van der Waals surface area contributed by atoms with Gasteiger partial charge in [0, 0.05) is 31.7 Å². The lowest BCUT2D eigenvalue weighted by Gasteiger charge is -2.38. The highest BCUT2D eigenvalue weighted by Gasteiger charge is 2.23. The van der Waals surface area contributed by atoms with Gasteiger partial charge in [-0.05, 0) is 25.7 Å². The first-order chi connectivity index (χ1) is 7.67. The van der Waals surface area contributed by atoms with E-state index in [1.54, 1.807) is 0 Å². The second-order valence-corrected chi connectivity index (χ2v) is 5.53. The van der Waals surface area contributed by atoms with Crippen LogP contribution in [0.3, 0.4) is 0 Å². The van der Waals surface area contributed by atoms with Gasteiger partial charge in [-0.1, -0.05) is 33.6 Å². The molecule has 0 aliphatic carbocycles. The van der Waals surface area contributed by atoms with E-state index >= 15 is 0 Å². The Morgan fingerprint density at radius 1 is 1.31 bits per heavy atom. The van der Waals surface area contributed by atoms with Crippen LogP contribution in [0.1, 0.15) is 53.4 Å². The molecule has 3 unspecified atom stereocenters. The molecule has 0 aromatic heterocycles. The molecule has 2 nitrogen and oxygen atoms in total. The molecule has 0 amide bonds. The van der Waals surface area contributed by atoms with E-state index in [-0.39, 0.29) is 0 Å². The third kappa shape index (κ3) is 4.42. The Bertz CT molecular complexity index is 180. The fourth-order valence-corrected chi connectivity index (χ4v) is 2.69. The van der Waals surface area contributed by atoms with Crippen LogP contribution in [-0.4, -0.2) is 36.6 Å². The van der Waals surface area contributed by atoms with Crippen molar-refractivity contribution in [3.8, 4) is 0 Å². The summed E-state index contributed by atoms with van der Waals surface area (Å²) in [7, 11) is 0. The standard InChI is InChI=1S/C14H30N2/c1-5-7-14-11-16(9-8-15-14)13(4)10-12(3)6-2/h12-15H,5-11H2,1-4H3. The number of rotatable bonds is 6. The first kappa shape index (κ1) is 14.0. The first-order valence-corrected chi connectivity index (χ1v) is 7.14. The Labute approximate surface area is 102 Å². The SMILES string of the molecule is CCCC1CN(C(C)CC(C)CC)CCN1. The maximum absolute atomic E-state index is 3.63. The molecule has 0 radical (unpaired) electrons. The van der Waals surface area contributed by atoms with E-state index < -0.39 is 0 Å². The minimum absolute atomic E-state index is 0.734. The fourth-order valence-electron chi connectivity index (χ4n) is 2.69. The lowest BCUT2D eigenvalue weighted by atomic mass is 9.98. The van der Waals surface area contributed by atoms with Crippen molar-refractivity contribution in [3.63, 3.8) is 0 Å². The molecule has 96 valence electrons. The van der Waals surface area contributed by atoms with Crippen LogP contribution in [-0.2, 0) is 0 Å². The zero-order chi connectivity index (χ0) is 12.0. The molecule has 0 saturated carbocycles. The highest BCUT2D eigenvalue weighted by Crippen LogP contribution is 2.16. The van der Waals surface area contributed by atoms with Crippen molar-refractivity contribution < 1.29 is 0 Å². The summed E-state index contributed by atoms with van der Waals surface area (Å²) < 4.78 is 0. The van der Waals surface area contributed by atoms with Gasteiger partial charge in [0.1, 0.15) is 0 Å². The molecule has 0 aromatic carbocycles. The second kappa shape index (κ2) is 7.29. The number of nitrogens with one attached hydrogen (secondary N) is 1. The molecule has 16 heavy (non-hydrogen) atoms. The van der Waals surface area contributed by atoms with Gasteiger partial charge in [-0.2, -0.15) is 0 Å². The Balaban J connectivity index is 2.34. The lowest BCUT2D eigenvalue weighted by molar-refractivity contribution is 0.132. The maximum Gasteiger partial charge on any atom is 0.0195 e. The van der Waals surface area contributed by atoms with Gasteiger partial charge in [0.2, 0.25) is 0 Å². The van der Waals surface area contributed by atoms with Crippen molar-refractivity contribution in [2.24, 2.45) is 5.92 Å². The monoisotopic (exact) mass is 226 g/mol. The third-order valence-electron chi connectivity index (χ3n) is 3.99. The van der Waals surface area contributed by atoms with E-state index in [1.165, 1.54) is 45.3 Å². The van der Waals surface area contributed by atoms with E-state index in [9.17, 15) is 0 Å². The molecule has 3 atom stereocenters. The van der Waals surface area contributed by atoms with Crippen LogP contribution in [0.4, 0.5) is 0 Å². The summed E-state index contributed by atoms with van der Waals surface area (Å²) in [5.74, 6) is 0.870. The first-order valence-electron chi connectivity index (χ1n) is 7.14. The molecule has 1 saturated heterocycles. The van der Waals surface area contributed by atoms with Gasteiger partial charge in [-0.3, -0.25) is 4.90 Å².